The fourth-order valence-electron chi connectivity index (χ4n) is 4.06. The molecule has 4 rings (SSSR count). The summed E-state index contributed by atoms with van der Waals surface area (Å²) in [7, 11) is 0. The largest absolute Gasteiger partial charge is 0.362 e. The summed E-state index contributed by atoms with van der Waals surface area (Å²) < 4.78 is 0. The third kappa shape index (κ3) is 6.83. The van der Waals surface area contributed by atoms with Crippen molar-refractivity contribution in [2.75, 3.05) is 28.6 Å². The summed E-state index contributed by atoms with van der Waals surface area (Å²) in [4.78, 5) is 63.4. The van der Waals surface area contributed by atoms with Gasteiger partial charge in [0.2, 0.25) is 5.91 Å². The van der Waals surface area contributed by atoms with Crippen molar-refractivity contribution in [3.05, 3.63) is 88.9 Å². The first-order valence-corrected chi connectivity index (χ1v) is 12.3. The first kappa shape index (κ1) is 26.6. The number of halogens is 1. The van der Waals surface area contributed by atoms with Gasteiger partial charge in [0.25, 0.3) is 0 Å². The summed E-state index contributed by atoms with van der Waals surface area (Å²) in [6.45, 7) is 0.687. The van der Waals surface area contributed by atoms with Crippen molar-refractivity contribution in [3.8, 4) is 0 Å². The van der Waals surface area contributed by atoms with Gasteiger partial charge in [0, 0.05) is 35.7 Å². The molecule has 1 aliphatic heterocycles. The number of nitrogens with zero attached hydrogens (tertiary/aromatic N) is 1. The van der Waals surface area contributed by atoms with Gasteiger partial charge < -0.3 is 20.9 Å². The van der Waals surface area contributed by atoms with Crippen molar-refractivity contribution in [1.82, 2.24) is 5.32 Å². The summed E-state index contributed by atoms with van der Waals surface area (Å²) in [6.07, 6.45) is 1.22. The molecule has 0 radical (unpaired) electrons. The molecule has 1 fully saturated rings. The lowest BCUT2D eigenvalue weighted by Crippen LogP contribution is -2.49. The molecule has 0 saturated carbocycles. The van der Waals surface area contributed by atoms with Gasteiger partial charge in [0.1, 0.15) is 12.3 Å². The molecule has 0 spiro atoms. The Kier molecular flexibility index (Phi) is 8.50. The predicted molar refractivity (Wildman–Crippen MR) is 144 cm³/mol. The average Bonchev–Trinajstić information content (AvgIpc) is 3.35. The second-order valence-electron chi connectivity index (χ2n) is 8.77. The van der Waals surface area contributed by atoms with Crippen molar-refractivity contribution in [2.45, 2.75) is 18.9 Å². The Morgan fingerprint density at radius 3 is 2.34 bits per heavy atom. The molecule has 0 bridgehead atoms. The highest BCUT2D eigenvalue weighted by atomic mass is 35.5. The van der Waals surface area contributed by atoms with Gasteiger partial charge in [-0.3, -0.25) is 24.0 Å². The number of anilines is 3. The van der Waals surface area contributed by atoms with Crippen LogP contribution in [0.4, 0.5) is 17.1 Å². The van der Waals surface area contributed by atoms with E-state index in [0.717, 1.165) is 5.56 Å². The normalized spacial score (nSPS) is 13.5. The molecule has 0 aliphatic carbocycles. The number of hydrogen-bond acceptors (Lipinski definition) is 6. The molecule has 1 aliphatic rings. The van der Waals surface area contributed by atoms with E-state index in [2.05, 4.69) is 16.0 Å². The quantitative estimate of drug-likeness (QED) is 0.302. The Labute approximate surface area is 224 Å². The Bertz CT molecular complexity index is 1360. The van der Waals surface area contributed by atoms with Gasteiger partial charge in [0.15, 0.2) is 5.78 Å². The van der Waals surface area contributed by atoms with Crippen LogP contribution in [0.25, 0.3) is 0 Å². The smallest absolute Gasteiger partial charge is 0.313 e. The van der Waals surface area contributed by atoms with Crippen LogP contribution in [-0.4, -0.2) is 48.9 Å². The van der Waals surface area contributed by atoms with Crippen molar-refractivity contribution in [3.63, 3.8) is 0 Å². The summed E-state index contributed by atoms with van der Waals surface area (Å²) >= 11 is 6.12. The first-order chi connectivity index (χ1) is 18.3. The molecular formula is C28H25ClN4O5. The molecule has 1 unspecified atom stereocenters. The zero-order chi connectivity index (χ0) is 27.1. The number of aldehydes is 1. The highest BCUT2D eigenvalue weighted by molar-refractivity contribution is 6.40. The number of carbonyl (C=O) groups is 5. The zero-order valence-corrected chi connectivity index (χ0v) is 21.0. The topological polar surface area (TPSA) is 125 Å². The number of Topliss-reactive ketones (excluding diaryl/α,β-unsaturated/α-hetero) is 1. The molecule has 10 heteroatoms. The van der Waals surface area contributed by atoms with E-state index in [1.807, 2.05) is 6.07 Å². The number of hydrogen-bond donors (Lipinski definition) is 3. The van der Waals surface area contributed by atoms with Crippen LogP contribution in [0, 0.1) is 0 Å². The van der Waals surface area contributed by atoms with Crippen LogP contribution in [0.1, 0.15) is 22.3 Å². The molecule has 194 valence electrons. The lowest BCUT2D eigenvalue weighted by atomic mass is 10.0. The first-order valence-electron chi connectivity index (χ1n) is 11.9. The zero-order valence-electron chi connectivity index (χ0n) is 20.3. The Morgan fingerprint density at radius 1 is 0.947 bits per heavy atom. The minimum atomic E-state index is -1.07. The number of carbonyl (C=O) groups excluding carboxylic acids is 5. The summed E-state index contributed by atoms with van der Waals surface area (Å²) in [6, 6.07) is 19.0. The number of rotatable bonds is 8. The monoisotopic (exact) mass is 532 g/mol. The van der Waals surface area contributed by atoms with Gasteiger partial charge in [-0.25, -0.2) is 0 Å². The molecule has 3 aromatic carbocycles. The number of nitrogens with one attached hydrogen (secondary N) is 3. The van der Waals surface area contributed by atoms with E-state index in [1.54, 1.807) is 65.6 Å². The van der Waals surface area contributed by atoms with Crippen LogP contribution in [0.15, 0.2) is 72.8 Å². The van der Waals surface area contributed by atoms with Gasteiger partial charge in [-0.15, -0.1) is 0 Å². The number of benzene rings is 3. The van der Waals surface area contributed by atoms with E-state index < -0.39 is 23.8 Å². The predicted octanol–water partition coefficient (Wildman–Crippen LogP) is 3.24. The standard InChI is InChI=1S/C28H25ClN4O5/c29-20-8-11-25(33-13-12-22(35)16-33)23(15-20)31-27(37)28(38)32-24(14-18-4-2-1-3-5-18)26(36)30-21-9-6-19(17-34)7-10-21/h1-11,15,17,24H,12-14,16H2,(H,30,36)(H,31,37)(H,32,38). The maximum absolute atomic E-state index is 13.1. The summed E-state index contributed by atoms with van der Waals surface area (Å²) in [5.41, 5.74) is 2.51. The third-order valence-electron chi connectivity index (χ3n) is 6.00. The third-order valence-corrected chi connectivity index (χ3v) is 6.24. The molecule has 3 amide bonds. The Balaban J connectivity index is 1.49. The van der Waals surface area contributed by atoms with E-state index in [0.29, 0.717) is 41.2 Å². The van der Waals surface area contributed by atoms with Gasteiger partial charge in [-0.1, -0.05) is 41.9 Å². The van der Waals surface area contributed by atoms with Gasteiger partial charge >= 0.3 is 11.8 Å². The lowest BCUT2D eigenvalue weighted by molar-refractivity contribution is -0.137. The highest BCUT2D eigenvalue weighted by Gasteiger charge is 2.27. The molecule has 1 saturated heterocycles. The van der Waals surface area contributed by atoms with E-state index in [9.17, 15) is 24.0 Å². The van der Waals surface area contributed by atoms with Gasteiger partial charge in [-0.05, 0) is 48.0 Å². The molecular weight excluding hydrogens is 508 g/mol. The van der Waals surface area contributed by atoms with Crippen molar-refractivity contribution >= 4 is 58.5 Å². The highest BCUT2D eigenvalue weighted by Crippen LogP contribution is 2.31. The summed E-state index contributed by atoms with van der Waals surface area (Å²) in [5.74, 6) is -2.46. The fourth-order valence-corrected chi connectivity index (χ4v) is 4.23. The van der Waals surface area contributed by atoms with Crippen molar-refractivity contribution < 1.29 is 24.0 Å². The van der Waals surface area contributed by atoms with Crippen LogP contribution >= 0.6 is 11.6 Å². The molecule has 1 heterocycles. The van der Waals surface area contributed by atoms with E-state index in [-0.39, 0.29) is 24.4 Å². The molecule has 3 N–H and O–H groups in total. The van der Waals surface area contributed by atoms with Crippen LogP contribution in [-0.2, 0) is 25.6 Å². The number of amides is 3. The van der Waals surface area contributed by atoms with Gasteiger partial charge in [0.05, 0.1) is 17.9 Å². The maximum Gasteiger partial charge on any atom is 0.313 e. The average molecular weight is 533 g/mol. The molecule has 0 aromatic heterocycles. The van der Waals surface area contributed by atoms with Crippen molar-refractivity contribution in [2.24, 2.45) is 0 Å². The second kappa shape index (κ2) is 12.2. The van der Waals surface area contributed by atoms with E-state index in [1.165, 1.54) is 6.07 Å². The van der Waals surface area contributed by atoms with Gasteiger partial charge in [-0.2, -0.15) is 0 Å². The van der Waals surface area contributed by atoms with Crippen LogP contribution in [0.5, 0.6) is 0 Å². The molecule has 3 aromatic rings. The Hall–Kier alpha value is -4.50. The molecule has 38 heavy (non-hydrogen) atoms. The number of ketones is 1. The van der Waals surface area contributed by atoms with E-state index in [4.69, 9.17) is 11.6 Å². The van der Waals surface area contributed by atoms with Crippen LogP contribution < -0.4 is 20.9 Å². The fraction of sp³-hybridized carbons (Fsp3) is 0.179. The van der Waals surface area contributed by atoms with E-state index >= 15 is 0 Å². The summed E-state index contributed by atoms with van der Waals surface area (Å²) in [5, 5.41) is 8.13. The molecule has 1 atom stereocenters. The molecule has 9 nitrogen and oxygen atoms in total. The maximum atomic E-state index is 13.1. The SMILES string of the molecule is O=Cc1ccc(NC(=O)C(Cc2ccccc2)NC(=O)C(=O)Nc2cc(Cl)ccc2N2CCC(=O)C2)cc1. The van der Waals surface area contributed by atoms with Crippen LogP contribution in [0.2, 0.25) is 5.02 Å². The van der Waals surface area contributed by atoms with Crippen molar-refractivity contribution in [1.29, 1.82) is 0 Å². The second-order valence-corrected chi connectivity index (χ2v) is 9.21. The minimum Gasteiger partial charge on any atom is -0.362 e. The minimum absolute atomic E-state index is 0.0746. The Morgan fingerprint density at radius 2 is 1.68 bits per heavy atom. The lowest BCUT2D eigenvalue weighted by Gasteiger charge is -2.22. The van der Waals surface area contributed by atoms with Crippen LogP contribution in [0.3, 0.4) is 0 Å².